The molecular weight excluding hydrogens is 208 g/mol. The Kier molecular flexibility index (Phi) is 6.57. The van der Waals surface area contributed by atoms with Crippen molar-refractivity contribution >= 4 is 12.4 Å². The van der Waals surface area contributed by atoms with Gasteiger partial charge in [0.1, 0.15) is 0 Å². The predicted molar refractivity (Wildman–Crippen MR) is 68.4 cm³/mol. The smallest absolute Gasteiger partial charge is 0.0300 e. The van der Waals surface area contributed by atoms with Crippen LogP contribution in [0.4, 0.5) is 0 Å². The molecular formula is C12H21ClN2. The highest BCUT2D eigenvalue weighted by atomic mass is 35.5. The van der Waals surface area contributed by atoms with E-state index in [9.17, 15) is 0 Å². The van der Waals surface area contributed by atoms with Crippen molar-refractivity contribution in [3.8, 4) is 0 Å². The van der Waals surface area contributed by atoms with Crippen LogP contribution in [0.3, 0.4) is 0 Å². The lowest BCUT2D eigenvalue weighted by Gasteiger charge is -2.16. The van der Waals surface area contributed by atoms with Crippen molar-refractivity contribution in [2.24, 2.45) is 11.5 Å². The highest BCUT2D eigenvalue weighted by Crippen LogP contribution is 2.22. The van der Waals surface area contributed by atoms with Gasteiger partial charge < -0.3 is 11.5 Å². The van der Waals surface area contributed by atoms with Gasteiger partial charge in [0, 0.05) is 6.04 Å². The van der Waals surface area contributed by atoms with E-state index in [1.807, 2.05) is 0 Å². The van der Waals surface area contributed by atoms with Crippen LogP contribution in [0.15, 0.2) is 18.2 Å². The van der Waals surface area contributed by atoms with Crippen LogP contribution in [0.25, 0.3) is 0 Å². The fourth-order valence-corrected chi connectivity index (χ4v) is 1.89. The Morgan fingerprint density at radius 1 is 1.20 bits per heavy atom. The van der Waals surface area contributed by atoms with E-state index in [2.05, 4.69) is 32.0 Å². The number of hydrogen-bond donors (Lipinski definition) is 2. The van der Waals surface area contributed by atoms with Gasteiger partial charge in [0.05, 0.1) is 0 Å². The molecule has 0 saturated carbocycles. The Hall–Kier alpha value is -0.570. The average Bonchev–Trinajstić information content (AvgIpc) is 2.14. The molecule has 0 spiro atoms. The first-order chi connectivity index (χ1) is 6.66. The largest absolute Gasteiger partial charge is 0.330 e. The highest BCUT2D eigenvalue weighted by molar-refractivity contribution is 5.85. The number of nitrogens with two attached hydrogens (primary N) is 2. The lowest BCUT2D eigenvalue weighted by Crippen LogP contribution is -2.15. The fourth-order valence-electron chi connectivity index (χ4n) is 1.89. The van der Waals surface area contributed by atoms with Crippen molar-refractivity contribution in [3.05, 3.63) is 34.9 Å². The third-order valence-corrected chi connectivity index (χ3v) is 2.63. The van der Waals surface area contributed by atoms with Gasteiger partial charge in [-0.2, -0.15) is 0 Å². The van der Waals surface area contributed by atoms with E-state index in [1.165, 1.54) is 16.7 Å². The van der Waals surface area contributed by atoms with E-state index in [4.69, 9.17) is 11.5 Å². The minimum atomic E-state index is 0. The van der Waals surface area contributed by atoms with Crippen molar-refractivity contribution in [2.45, 2.75) is 32.7 Å². The third-order valence-electron chi connectivity index (χ3n) is 2.63. The zero-order valence-corrected chi connectivity index (χ0v) is 10.3. The van der Waals surface area contributed by atoms with E-state index in [0.29, 0.717) is 0 Å². The second-order valence-electron chi connectivity index (χ2n) is 3.84. The van der Waals surface area contributed by atoms with Gasteiger partial charge in [-0.25, -0.2) is 0 Å². The van der Waals surface area contributed by atoms with Gasteiger partial charge in [0.15, 0.2) is 0 Å². The second kappa shape index (κ2) is 6.83. The van der Waals surface area contributed by atoms with Crippen LogP contribution < -0.4 is 11.5 Å². The van der Waals surface area contributed by atoms with Gasteiger partial charge in [0.2, 0.25) is 0 Å². The van der Waals surface area contributed by atoms with Crippen LogP contribution in [0.1, 0.15) is 35.6 Å². The SMILES string of the molecule is Cc1cccc(C)c1[C@H](N)CCCN.Cl. The fraction of sp³-hybridized carbons (Fsp3) is 0.500. The van der Waals surface area contributed by atoms with Crippen LogP contribution >= 0.6 is 12.4 Å². The highest BCUT2D eigenvalue weighted by Gasteiger charge is 2.10. The summed E-state index contributed by atoms with van der Waals surface area (Å²) in [7, 11) is 0. The molecule has 0 aliphatic heterocycles. The summed E-state index contributed by atoms with van der Waals surface area (Å²) in [6, 6.07) is 6.44. The molecule has 0 unspecified atom stereocenters. The molecule has 0 fully saturated rings. The first-order valence-electron chi connectivity index (χ1n) is 5.18. The summed E-state index contributed by atoms with van der Waals surface area (Å²) >= 11 is 0. The summed E-state index contributed by atoms with van der Waals surface area (Å²) in [6.45, 7) is 4.95. The Balaban J connectivity index is 0.00000196. The molecule has 15 heavy (non-hydrogen) atoms. The average molecular weight is 229 g/mol. The quantitative estimate of drug-likeness (QED) is 0.832. The van der Waals surface area contributed by atoms with Crippen molar-refractivity contribution in [1.82, 2.24) is 0 Å². The van der Waals surface area contributed by atoms with Gasteiger partial charge in [0.25, 0.3) is 0 Å². The predicted octanol–water partition coefficient (Wildman–Crippen LogP) is 2.46. The van der Waals surface area contributed by atoms with E-state index >= 15 is 0 Å². The summed E-state index contributed by atoms with van der Waals surface area (Å²) in [4.78, 5) is 0. The lowest BCUT2D eigenvalue weighted by atomic mass is 9.94. The molecule has 0 amide bonds. The van der Waals surface area contributed by atoms with Crippen LogP contribution in [-0.2, 0) is 0 Å². The number of benzene rings is 1. The molecule has 1 aromatic rings. The summed E-state index contributed by atoms with van der Waals surface area (Å²) in [5.74, 6) is 0. The van der Waals surface area contributed by atoms with E-state index < -0.39 is 0 Å². The van der Waals surface area contributed by atoms with Crippen molar-refractivity contribution in [3.63, 3.8) is 0 Å². The third kappa shape index (κ3) is 3.82. The molecule has 3 heteroatoms. The molecule has 4 N–H and O–H groups in total. The van der Waals surface area contributed by atoms with Gasteiger partial charge in [-0.3, -0.25) is 0 Å². The number of halogens is 1. The topological polar surface area (TPSA) is 52.0 Å². The van der Waals surface area contributed by atoms with Crippen LogP contribution in [0.5, 0.6) is 0 Å². The maximum atomic E-state index is 6.13. The first-order valence-corrected chi connectivity index (χ1v) is 5.18. The van der Waals surface area contributed by atoms with Gasteiger partial charge in [-0.15, -0.1) is 12.4 Å². The van der Waals surface area contributed by atoms with Crippen LogP contribution in [0.2, 0.25) is 0 Å². The molecule has 2 nitrogen and oxygen atoms in total. The van der Waals surface area contributed by atoms with Crippen molar-refractivity contribution in [2.75, 3.05) is 6.54 Å². The minimum Gasteiger partial charge on any atom is -0.330 e. The maximum absolute atomic E-state index is 6.13. The van der Waals surface area contributed by atoms with E-state index in [0.717, 1.165) is 19.4 Å². The molecule has 1 rings (SSSR count). The second-order valence-corrected chi connectivity index (χ2v) is 3.84. The molecule has 86 valence electrons. The monoisotopic (exact) mass is 228 g/mol. The first kappa shape index (κ1) is 14.4. The zero-order chi connectivity index (χ0) is 10.6. The number of aryl methyl sites for hydroxylation is 2. The van der Waals surface area contributed by atoms with E-state index in [1.54, 1.807) is 0 Å². The maximum Gasteiger partial charge on any atom is 0.0300 e. The van der Waals surface area contributed by atoms with Gasteiger partial charge in [-0.05, 0) is 49.9 Å². The summed E-state index contributed by atoms with van der Waals surface area (Å²) in [5.41, 5.74) is 15.5. The van der Waals surface area contributed by atoms with Crippen LogP contribution in [-0.4, -0.2) is 6.54 Å². The van der Waals surface area contributed by atoms with Crippen molar-refractivity contribution < 1.29 is 0 Å². The lowest BCUT2D eigenvalue weighted by molar-refractivity contribution is 0.612. The Morgan fingerprint density at radius 2 is 1.73 bits per heavy atom. The van der Waals surface area contributed by atoms with E-state index in [-0.39, 0.29) is 18.4 Å². The molecule has 0 saturated heterocycles. The van der Waals surface area contributed by atoms with Gasteiger partial charge >= 0.3 is 0 Å². The molecule has 0 aliphatic carbocycles. The standard InChI is InChI=1S/C12H20N2.ClH/c1-9-5-3-6-10(2)12(9)11(14)7-4-8-13;/h3,5-6,11H,4,7-8,13-14H2,1-2H3;1H/t11-;/m1./s1. The molecule has 0 bridgehead atoms. The molecule has 0 heterocycles. The molecule has 0 aromatic heterocycles. The van der Waals surface area contributed by atoms with Crippen molar-refractivity contribution in [1.29, 1.82) is 0 Å². The molecule has 0 aliphatic rings. The number of rotatable bonds is 4. The summed E-state index contributed by atoms with van der Waals surface area (Å²) in [6.07, 6.45) is 1.97. The Labute approximate surface area is 98.5 Å². The molecule has 1 atom stereocenters. The zero-order valence-electron chi connectivity index (χ0n) is 9.49. The van der Waals surface area contributed by atoms with Gasteiger partial charge in [-0.1, -0.05) is 18.2 Å². The number of hydrogen-bond acceptors (Lipinski definition) is 2. The molecule has 0 radical (unpaired) electrons. The minimum absolute atomic E-state index is 0. The molecule has 1 aromatic carbocycles. The Morgan fingerprint density at radius 3 is 2.20 bits per heavy atom. The Bertz CT molecular complexity index is 279. The normalized spacial score (nSPS) is 12.0. The summed E-state index contributed by atoms with van der Waals surface area (Å²) < 4.78 is 0. The van der Waals surface area contributed by atoms with Crippen LogP contribution in [0, 0.1) is 13.8 Å². The summed E-state index contributed by atoms with van der Waals surface area (Å²) in [5, 5.41) is 0.